The van der Waals surface area contributed by atoms with Gasteiger partial charge in [-0.25, -0.2) is 22.0 Å². The molecule has 7 heteroatoms. The van der Waals surface area contributed by atoms with Crippen molar-refractivity contribution in [3.05, 3.63) is 89.2 Å². The first-order valence-electron chi connectivity index (χ1n) is 8.20. The van der Waals surface area contributed by atoms with E-state index < -0.39 is 34.8 Å². The van der Waals surface area contributed by atoms with E-state index in [0.29, 0.717) is 5.56 Å². The second-order valence-corrected chi connectivity index (χ2v) is 6.05. The van der Waals surface area contributed by atoms with Crippen molar-refractivity contribution in [3.8, 4) is 0 Å². The third-order valence-electron chi connectivity index (χ3n) is 4.39. The Morgan fingerprint density at radius 1 is 0.643 bits per heavy atom. The maximum Gasteiger partial charge on any atom is 0.200 e. The standard InChI is InChI=1S/C21H11F5N2/c22-16-17(23)19(25)21(20(26)18(16)24)28-27-10-15-13-7-3-1-5-11(13)9-12-6-2-4-8-14(12)15/h1-10,28H/b27-10-. The number of nitrogens with zero attached hydrogens (tertiary/aromatic N) is 1. The molecule has 0 bridgehead atoms. The van der Waals surface area contributed by atoms with Gasteiger partial charge in [-0.3, -0.25) is 5.43 Å². The van der Waals surface area contributed by atoms with Crippen molar-refractivity contribution >= 4 is 33.4 Å². The molecule has 0 aliphatic heterocycles. The van der Waals surface area contributed by atoms with Crippen molar-refractivity contribution < 1.29 is 22.0 Å². The maximum absolute atomic E-state index is 13.8. The van der Waals surface area contributed by atoms with Crippen molar-refractivity contribution in [2.45, 2.75) is 0 Å². The summed E-state index contributed by atoms with van der Waals surface area (Å²) in [6.45, 7) is 0. The number of fused-ring (bicyclic) bond motifs is 2. The molecule has 4 aromatic rings. The first-order valence-corrected chi connectivity index (χ1v) is 8.20. The van der Waals surface area contributed by atoms with Gasteiger partial charge in [-0.2, -0.15) is 5.10 Å². The maximum atomic E-state index is 13.8. The average Bonchev–Trinajstić information content (AvgIpc) is 2.72. The third-order valence-corrected chi connectivity index (χ3v) is 4.39. The van der Waals surface area contributed by atoms with Crippen LogP contribution in [-0.4, -0.2) is 6.21 Å². The van der Waals surface area contributed by atoms with Gasteiger partial charge in [-0.15, -0.1) is 0 Å². The van der Waals surface area contributed by atoms with E-state index in [1.54, 1.807) is 0 Å². The minimum atomic E-state index is -2.22. The molecule has 0 saturated heterocycles. The van der Waals surface area contributed by atoms with Crippen LogP contribution in [0.2, 0.25) is 0 Å². The summed E-state index contributed by atoms with van der Waals surface area (Å²) in [5.74, 6) is -10.2. The number of anilines is 1. The molecule has 28 heavy (non-hydrogen) atoms. The fraction of sp³-hybridized carbons (Fsp3) is 0. The number of hydrogen-bond acceptors (Lipinski definition) is 2. The monoisotopic (exact) mass is 386 g/mol. The van der Waals surface area contributed by atoms with Crippen molar-refractivity contribution in [1.82, 2.24) is 0 Å². The summed E-state index contributed by atoms with van der Waals surface area (Å²) in [4.78, 5) is 0. The average molecular weight is 386 g/mol. The van der Waals surface area contributed by atoms with E-state index in [2.05, 4.69) is 5.10 Å². The van der Waals surface area contributed by atoms with E-state index in [1.165, 1.54) is 6.21 Å². The lowest BCUT2D eigenvalue weighted by molar-refractivity contribution is 0.381. The molecule has 0 aliphatic carbocycles. The fourth-order valence-electron chi connectivity index (χ4n) is 3.05. The van der Waals surface area contributed by atoms with Crippen LogP contribution >= 0.6 is 0 Å². The van der Waals surface area contributed by atoms with Crippen LogP contribution in [0.15, 0.2) is 59.7 Å². The second kappa shape index (κ2) is 6.92. The largest absolute Gasteiger partial charge is 0.272 e. The second-order valence-electron chi connectivity index (χ2n) is 6.05. The van der Waals surface area contributed by atoms with Crippen molar-refractivity contribution in [1.29, 1.82) is 0 Å². The van der Waals surface area contributed by atoms with E-state index >= 15 is 0 Å². The minimum absolute atomic E-state index is 0.644. The lowest BCUT2D eigenvalue weighted by atomic mass is 9.97. The van der Waals surface area contributed by atoms with Gasteiger partial charge in [0.05, 0.1) is 6.21 Å². The molecular formula is C21H11F5N2. The van der Waals surface area contributed by atoms with Gasteiger partial charge in [0.15, 0.2) is 23.3 Å². The van der Waals surface area contributed by atoms with Gasteiger partial charge in [-0.05, 0) is 27.6 Å². The SMILES string of the molecule is Fc1c(F)c(F)c(N/N=C\c2c3ccccc3cc3ccccc23)c(F)c1F. The summed E-state index contributed by atoms with van der Waals surface area (Å²) in [7, 11) is 0. The van der Waals surface area contributed by atoms with Crippen molar-refractivity contribution in [3.63, 3.8) is 0 Å². The van der Waals surface area contributed by atoms with Crippen LogP contribution in [0, 0.1) is 29.1 Å². The molecule has 2 nitrogen and oxygen atoms in total. The fourth-order valence-corrected chi connectivity index (χ4v) is 3.05. The van der Waals surface area contributed by atoms with Crippen LogP contribution in [0.5, 0.6) is 0 Å². The molecule has 0 fully saturated rings. The molecule has 4 rings (SSSR count). The quantitative estimate of drug-likeness (QED) is 0.112. The van der Waals surface area contributed by atoms with Crippen LogP contribution in [0.1, 0.15) is 5.56 Å². The Morgan fingerprint density at radius 2 is 1.11 bits per heavy atom. The molecule has 0 amide bonds. The van der Waals surface area contributed by atoms with Crippen LogP contribution in [-0.2, 0) is 0 Å². The summed E-state index contributed by atoms with van der Waals surface area (Å²) >= 11 is 0. The Kier molecular flexibility index (Phi) is 4.43. The van der Waals surface area contributed by atoms with Gasteiger partial charge in [0, 0.05) is 5.56 Å². The zero-order chi connectivity index (χ0) is 19.8. The lowest BCUT2D eigenvalue weighted by Crippen LogP contribution is -2.06. The first kappa shape index (κ1) is 17.9. The van der Waals surface area contributed by atoms with Gasteiger partial charge in [0.25, 0.3) is 0 Å². The Bertz CT molecular complexity index is 1170. The van der Waals surface area contributed by atoms with E-state index in [0.717, 1.165) is 21.5 Å². The summed E-state index contributed by atoms with van der Waals surface area (Å²) in [6, 6.07) is 16.9. The van der Waals surface area contributed by atoms with Gasteiger partial charge < -0.3 is 0 Å². The highest BCUT2D eigenvalue weighted by atomic mass is 19.2. The van der Waals surface area contributed by atoms with Crippen LogP contribution in [0.4, 0.5) is 27.6 Å². The lowest BCUT2D eigenvalue weighted by Gasteiger charge is -2.09. The smallest absolute Gasteiger partial charge is 0.200 e. The van der Waals surface area contributed by atoms with Gasteiger partial charge in [0.1, 0.15) is 5.69 Å². The normalized spacial score (nSPS) is 11.6. The Morgan fingerprint density at radius 3 is 1.64 bits per heavy atom. The molecule has 140 valence electrons. The van der Waals surface area contributed by atoms with E-state index in [9.17, 15) is 22.0 Å². The molecule has 1 N–H and O–H groups in total. The minimum Gasteiger partial charge on any atom is -0.272 e. The summed E-state index contributed by atoms with van der Waals surface area (Å²) < 4.78 is 67.3. The Hall–Kier alpha value is -3.48. The van der Waals surface area contributed by atoms with E-state index in [1.807, 2.05) is 60.0 Å². The predicted octanol–water partition coefficient (Wildman–Crippen LogP) is 6.13. The molecule has 4 aromatic carbocycles. The summed E-state index contributed by atoms with van der Waals surface area (Å²) in [5.41, 5.74) is 1.37. The molecule has 0 atom stereocenters. The van der Waals surface area contributed by atoms with Crippen molar-refractivity contribution in [2.75, 3.05) is 5.43 Å². The first-order chi connectivity index (χ1) is 13.5. The molecule has 0 saturated carbocycles. The third kappa shape index (κ3) is 2.85. The molecule has 0 heterocycles. The number of nitrogens with one attached hydrogen (secondary N) is 1. The Labute approximate surface area is 155 Å². The molecule has 0 unspecified atom stereocenters. The van der Waals surface area contributed by atoms with E-state index in [4.69, 9.17) is 0 Å². The topological polar surface area (TPSA) is 24.4 Å². The number of halogens is 5. The van der Waals surface area contributed by atoms with Crippen LogP contribution in [0.3, 0.4) is 0 Å². The number of rotatable bonds is 3. The molecule has 0 radical (unpaired) electrons. The highest BCUT2D eigenvalue weighted by molar-refractivity contribution is 6.13. The zero-order valence-corrected chi connectivity index (χ0v) is 14.1. The molecular weight excluding hydrogens is 375 g/mol. The molecule has 0 aliphatic rings. The number of benzene rings is 4. The van der Waals surface area contributed by atoms with Crippen LogP contribution in [0.25, 0.3) is 21.5 Å². The van der Waals surface area contributed by atoms with Gasteiger partial charge in [0.2, 0.25) is 5.82 Å². The Balaban J connectivity index is 1.82. The summed E-state index contributed by atoms with van der Waals surface area (Å²) in [6.07, 6.45) is 1.29. The zero-order valence-electron chi connectivity index (χ0n) is 14.1. The highest BCUT2D eigenvalue weighted by Crippen LogP contribution is 2.29. The number of hydrazone groups is 1. The molecule has 0 aromatic heterocycles. The van der Waals surface area contributed by atoms with Gasteiger partial charge in [-0.1, -0.05) is 48.5 Å². The van der Waals surface area contributed by atoms with Gasteiger partial charge >= 0.3 is 0 Å². The summed E-state index contributed by atoms with van der Waals surface area (Å²) in [5, 5.41) is 7.21. The van der Waals surface area contributed by atoms with E-state index in [-0.39, 0.29) is 0 Å². The van der Waals surface area contributed by atoms with Crippen LogP contribution < -0.4 is 5.43 Å². The molecule has 0 spiro atoms. The highest BCUT2D eigenvalue weighted by Gasteiger charge is 2.25. The predicted molar refractivity (Wildman–Crippen MR) is 98.9 cm³/mol. The number of hydrogen-bond donors (Lipinski definition) is 1. The van der Waals surface area contributed by atoms with Crippen molar-refractivity contribution in [2.24, 2.45) is 5.10 Å².